The van der Waals surface area contributed by atoms with E-state index in [-0.39, 0.29) is 6.61 Å². The summed E-state index contributed by atoms with van der Waals surface area (Å²) in [5.41, 5.74) is 5.27. The lowest BCUT2D eigenvalue weighted by Gasteiger charge is -2.00. The Labute approximate surface area is 66.9 Å². The van der Waals surface area contributed by atoms with Crippen molar-refractivity contribution in [2.24, 2.45) is 11.7 Å². The Hall–Kier alpha value is -0.830. The second-order valence-corrected chi connectivity index (χ2v) is 2.88. The van der Waals surface area contributed by atoms with E-state index in [0.717, 1.165) is 6.42 Å². The van der Waals surface area contributed by atoms with Crippen LogP contribution < -0.4 is 5.73 Å². The zero-order valence-electron chi connectivity index (χ0n) is 7.00. The van der Waals surface area contributed by atoms with E-state index in [1.807, 2.05) is 13.8 Å². The first kappa shape index (κ1) is 10.2. The van der Waals surface area contributed by atoms with E-state index < -0.39 is 5.91 Å². The number of primary amides is 1. The predicted octanol–water partition coefficient (Wildman–Crippen LogP) is 0.437. The van der Waals surface area contributed by atoms with Crippen LogP contribution in [-0.4, -0.2) is 17.6 Å². The minimum atomic E-state index is -0.534. The van der Waals surface area contributed by atoms with E-state index in [1.54, 1.807) is 6.08 Å². The fraction of sp³-hybridized carbons (Fsp3) is 0.625. The second-order valence-electron chi connectivity index (χ2n) is 2.88. The maximum absolute atomic E-state index is 10.5. The van der Waals surface area contributed by atoms with Crippen molar-refractivity contribution in [2.45, 2.75) is 20.3 Å². The second kappa shape index (κ2) is 4.91. The first-order valence-corrected chi connectivity index (χ1v) is 3.67. The predicted molar refractivity (Wildman–Crippen MR) is 43.8 cm³/mol. The third-order valence-corrected chi connectivity index (χ3v) is 1.32. The fourth-order valence-corrected chi connectivity index (χ4v) is 0.621. The lowest BCUT2D eigenvalue weighted by atomic mass is 10.1. The molecule has 3 heteroatoms. The van der Waals surface area contributed by atoms with Crippen LogP contribution in [0.3, 0.4) is 0 Å². The molecule has 0 aromatic rings. The normalized spacial score (nSPS) is 12.2. The molecule has 0 aromatic carbocycles. The summed E-state index contributed by atoms with van der Waals surface area (Å²) in [5.74, 6) is -0.0518. The summed E-state index contributed by atoms with van der Waals surface area (Å²) in [6, 6.07) is 0. The van der Waals surface area contributed by atoms with Crippen molar-refractivity contribution in [2.75, 3.05) is 6.61 Å². The number of nitrogens with two attached hydrogens (primary N) is 1. The zero-order chi connectivity index (χ0) is 8.85. The number of carbonyl (C=O) groups excluding carboxylic acids is 1. The number of amides is 1. The van der Waals surface area contributed by atoms with Crippen LogP contribution in [0.5, 0.6) is 0 Å². The molecule has 3 N–H and O–H groups in total. The van der Waals surface area contributed by atoms with Crippen LogP contribution in [0, 0.1) is 5.92 Å². The quantitative estimate of drug-likeness (QED) is 0.581. The van der Waals surface area contributed by atoms with Crippen LogP contribution in [-0.2, 0) is 4.79 Å². The average Bonchev–Trinajstić information content (AvgIpc) is 1.87. The zero-order valence-corrected chi connectivity index (χ0v) is 7.00. The first-order valence-electron chi connectivity index (χ1n) is 3.67. The summed E-state index contributed by atoms with van der Waals surface area (Å²) >= 11 is 0. The lowest BCUT2D eigenvalue weighted by Crippen LogP contribution is -2.16. The highest BCUT2D eigenvalue weighted by Crippen LogP contribution is 2.03. The number of hydrogen-bond donors (Lipinski definition) is 2. The van der Waals surface area contributed by atoms with Gasteiger partial charge in [0.1, 0.15) is 0 Å². The molecule has 0 bridgehead atoms. The van der Waals surface area contributed by atoms with Gasteiger partial charge < -0.3 is 10.8 Å². The SMILES string of the molecule is CC(C)CC=C(CO)C(N)=O. The van der Waals surface area contributed by atoms with Crippen molar-refractivity contribution in [1.82, 2.24) is 0 Å². The molecule has 0 aliphatic rings. The van der Waals surface area contributed by atoms with Gasteiger partial charge in [-0.1, -0.05) is 19.9 Å². The molecule has 3 nitrogen and oxygen atoms in total. The van der Waals surface area contributed by atoms with E-state index >= 15 is 0 Å². The van der Waals surface area contributed by atoms with Gasteiger partial charge in [-0.15, -0.1) is 0 Å². The molecule has 0 saturated carbocycles. The molecule has 0 aliphatic heterocycles. The molecule has 0 fully saturated rings. The van der Waals surface area contributed by atoms with Gasteiger partial charge in [-0.05, 0) is 12.3 Å². The average molecular weight is 157 g/mol. The number of allylic oxidation sites excluding steroid dienone is 1. The molecule has 1 amide bonds. The molecule has 0 aromatic heterocycles. The highest BCUT2D eigenvalue weighted by molar-refractivity contribution is 5.92. The van der Waals surface area contributed by atoms with Crippen molar-refractivity contribution >= 4 is 5.91 Å². The highest BCUT2D eigenvalue weighted by atomic mass is 16.3. The third kappa shape index (κ3) is 4.56. The maximum atomic E-state index is 10.5. The van der Waals surface area contributed by atoms with Crippen molar-refractivity contribution in [1.29, 1.82) is 0 Å². The summed E-state index contributed by atoms with van der Waals surface area (Å²) in [6.45, 7) is 3.81. The van der Waals surface area contributed by atoms with Gasteiger partial charge in [-0.25, -0.2) is 0 Å². The van der Waals surface area contributed by atoms with E-state index in [1.165, 1.54) is 0 Å². The van der Waals surface area contributed by atoms with Crippen molar-refractivity contribution < 1.29 is 9.90 Å². The lowest BCUT2D eigenvalue weighted by molar-refractivity contribution is -0.114. The first-order chi connectivity index (χ1) is 5.07. The van der Waals surface area contributed by atoms with Gasteiger partial charge >= 0.3 is 0 Å². The topological polar surface area (TPSA) is 63.3 Å². The maximum Gasteiger partial charge on any atom is 0.246 e. The van der Waals surface area contributed by atoms with Gasteiger partial charge in [-0.2, -0.15) is 0 Å². The van der Waals surface area contributed by atoms with Crippen molar-refractivity contribution in [3.05, 3.63) is 11.6 Å². The van der Waals surface area contributed by atoms with Crippen LogP contribution in [0.25, 0.3) is 0 Å². The van der Waals surface area contributed by atoms with E-state index in [2.05, 4.69) is 0 Å². The largest absolute Gasteiger partial charge is 0.391 e. The van der Waals surface area contributed by atoms with E-state index in [9.17, 15) is 4.79 Å². The van der Waals surface area contributed by atoms with Gasteiger partial charge in [0.15, 0.2) is 0 Å². The molecule has 0 radical (unpaired) electrons. The van der Waals surface area contributed by atoms with Crippen LogP contribution in [0.2, 0.25) is 0 Å². The van der Waals surface area contributed by atoms with E-state index in [4.69, 9.17) is 10.8 Å². The fourth-order valence-electron chi connectivity index (χ4n) is 0.621. The molecular weight excluding hydrogens is 142 g/mol. The van der Waals surface area contributed by atoms with Crippen LogP contribution in [0.4, 0.5) is 0 Å². The Morgan fingerprint density at radius 2 is 2.18 bits per heavy atom. The molecule has 0 saturated heterocycles. The van der Waals surface area contributed by atoms with Gasteiger partial charge in [0, 0.05) is 5.57 Å². The standard InChI is InChI=1S/C8H15NO2/c1-6(2)3-4-7(5-10)8(9)11/h4,6,10H,3,5H2,1-2H3,(H2,9,11). The molecule has 64 valence electrons. The molecule has 0 heterocycles. The van der Waals surface area contributed by atoms with Crippen LogP contribution in [0.15, 0.2) is 11.6 Å². The summed E-state index contributed by atoms with van der Waals surface area (Å²) in [4.78, 5) is 10.5. The molecule has 0 atom stereocenters. The molecule has 0 unspecified atom stereocenters. The molecule has 11 heavy (non-hydrogen) atoms. The molecular formula is C8H15NO2. The molecule has 0 aliphatic carbocycles. The minimum absolute atomic E-state index is 0.262. The Bertz CT molecular complexity index is 161. The Balaban J connectivity index is 4.02. The summed E-state index contributed by atoms with van der Waals surface area (Å²) in [6.07, 6.45) is 2.46. The van der Waals surface area contributed by atoms with Gasteiger partial charge in [0.2, 0.25) is 5.91 Å². The van der Waals surface area contributed by atoms with Crippen LogP contribution in [0.1, 0.15) is 20.3 Å². The highest BCUT2D eigenvalue weighted by Gasteiger charge is 2.01. The Morgan fingerprint density at radius 1 is 1.64 bits per heavy atom. The minimum Gasteiger partial charge on any atom is -0.391 e. The van der Waals surface area contributed by atoms with Gasteiger partial charge in [0.25, 0.3) is 0 Å². The van der Waals surface area contributed by atoms with Crippen LogP contribution >= 0.6 is 0 Å². The smallest absolute Gasteiger partial charge is 0.246 e. The van der Waals surface area contributed by atoms with E-state index in [0.29, 0.717) is 11.5 Å². The Kier molecular flexibility index (Phi) is 4.54. The number of aliphatic hydroxyl groups is 1. The van der Waals surface area contributed by atoms with Crippen molar-refractivity contribution in [3.63, 3.8) is 0 Å². The van der Waals surface area contributed by atoms with Crippen molar-refractivity contribution in [3.8, 4) is 0 Å². The Morgan fingerprint density at radius 3 is 2.45 bits per heavy atom. The number of carbonyl (C=O) groups is 1. The number of hydrogen-bond acceptors (Lipinski definition) is 2. The molecule has 0 spiro atoms. The monoisotopic (exact) mass is 157 g/mol. The van der Waals surface area contributed by atoms with Gasteiger partial charge in [0.05, 0.1) is 6.61 Å². The molecule has 0 rings (SSSR count). The van der Waals surface area contributed by atoms with Gasteiger partial charge in [-0.3, -0.25) is 4.79 Å². The summed E-state index contributed by atoms with van der Waals surface area (Å²) in [5, 5.41) is 8.64. The number of rotatable bonds is 4. The third-order valence-electron chi connectivity index (χ3n) is 1.32. The summed E-state index contributed by atoms with van der Waals surface area (Å²) in [7, 11) is 0. The summed E-state index contributed by atoms with van der Waals surface area (Å²) < 4.78 is 0. The number of aliphatic hydroxyl groups excluding tert-OH is 1.